The van der Waals surface area contributed by atoms with E-state index in [4.69, 9.17) is 7.85 Å². The van der Waals surface area contributed by atoms with Gasteiger partial charge in [0.15, 0.2) is 0 Å². The molecule has 1 atom stereocenters. The summed E-state index contributed by atoms with van der Waals surface area (Å²) < 4.78 is 4.56. The maximum Gasteiger partial charge on any atom is 0.413 e. The Bertz CT molecular complexity index is 148. The molecule has 1 aliphatic rings. The van der Waals surface area contributed by atoms with Crippen LogP contribution < -0.4 is 0 Å². The molecule has 1 amide bonds. The summed E-state index contributed by atoms with van der Waals surface area (Å²) >= 11 is 0. The topological polar surface area (TPSA) is 29.5 Å². The fraction of sp³-hybridized carbons (Fsp3) is 0.400. The van der Waals surface area contributed by atoms with Gasteiger partial charge in [0.05, 0.1) is 0 Å². The van der Waals surface area contributed by atoms with E-state index in [0.717, 1.165) is 0 Å². The predicted octanol–water partition coefficient (Wildman–Crippen LogP) is 0.0767. The van der Waals surface area contributed by atoms with Crippen molar-refractivity contribution < 1.29 is 9.53 Å². The fourth-order valence-corrected chi connectivity index (χ4v) is 0.657. The zero-order valence-corrected chi connectivity index (χ0v) is 4.91. The standard InChI is InChI=1S/C5H6BNO2/c1-2-7-4(6)3-9-5(7)8/h2,4H,1,3H2. The van der Waals surface area contributed by atoms with Crippen LogP contribution in [-0.4, -0.2) is 31.4 Å². The summed E-state index contributed by atoms with van der Waals surface area (Å²) in [5.41, 5.74) is 0. The molecule has 2 radical (unpaired) electrons. The minimum atomic E-state index is -0.419. The van der Waals surface area contributed by atoms with E-state index in [1.165, 1.54) is 11.1 Å². The maximum atomic E-state index is 10.6. The molecular weight excluding hydrogens is 117 g/mol. The number of ether oxygens (including phenoxy) is 1. The van der Waals surface area contributed by atoms with E-state index in [9.17, 15) is 4.79 Å². The van der Waals surface area contributed by atoms with Gasteiger partial charge in [0.2, 0.25) is 0 Å². The summed E-state index contributed by atoms with van der Waals surface area (Å²) in [6, 6.07) is 0. The van der Waals surface area contributed by atoms with Crippen LogP contribution in [-0.2, 0) is 4.74 Å². The highest BCUT2D eigenvalue weighted by Crippen LogP contribution is 2.08. The molecule has 0 N–H and O–H groups in total. The summed E-state index contributed by atoms with van der Waals surface area (Å²) in [7, 11) is 5.39. The first-order valence-electron chi connectivity index (χ1n) is 2.59. The van der Waals surface area contributed by atoms with Gasteiger partial charge in [-0.15, -0.1) is 0 Å². The number of nitrogens with zero attached hydrogens (tertiary/aromatic N) is 1. The molecule has 3 nitrogen and oxygen atoms in total. The lowest BCUT2D eigenvalue weighted by molar-refractivity contribution is 0.166. The third kappa shape index (κ3) is 0.920. The summed E-state index contributed by atoms with van der Waals surface area (Å²) in [5.74, 6) is -0.352. The predicted molar refractivity (Wildman–Crippen MR) is 32.9 cm³/mol. The van der Waals surface area contributed by atoms with Crippen molar-refractivity contribution in [1.82, 2.24) is 4.90 Å². The summed E-state index contributed by atoms with van der Waals surface area (Å²) in [6.07, 6.45) is 0.942. The first-order valence-corrected chi connectivity index (χ1v) is 2.59. The summed E-state index contributed by atoms with van der Waals surface area (Å²) in [4.78, 5) is 11.8. The van der Waals surface area contributed by atoms with Crippen LogP contribution in [0, 0.1) is 0 Å². The Kier molecular flexibility index (Phi) is 1.47. The van der Waals surface area contributed by atoms with Crippen molar-refractivity contribution in [1.29, 1.82) is 0 Å². The molecule has 1 rings (SSSR count). The molecule has 1 unspecified atom stereocenters. The van der Waals surface area contributed by atoms with Gasteiger partial charge in [-0.25, -0.2) is 4.79 Å². The molecule has 0 aromatic heterocycles. The van der Waals surface area contributed by atoms with Gasteiger partial charge < -0.3 is 4.74 Å². The number of hydrogen-bond acceptors (Lipinski definition) is 2. The molecule has 9 heavy (non-hydrogen) atoms. The van der Waals surface area contributed by atoms with Crippen LogP contribution in [0.25, 0.3) is 0 Å². The number of hydrogen-bond donors (Lipinski definition) is 0. The average Bonchev–Trinajstić information content (AvgIpc) is 2.12. The fourth-order valence-electron chi connectivity index (χ4n) is 0.657. The minimum Gasteiger partial charge on any atom is -0.448 e. The molecule has 4 heteroatoms. The van der Waals surface area contributed by atoms with Crippen LogP contribution >= 0.6 is 0 Å². The molecular formula is C5H6BNO2. The van der Waals surface area contributed by atoms with E-state index in [1.54, 1.807) is 0 Å². The first-order chi connectivity index (χ1) is 4.25. The molecule has 0 aliphatic carbocycles. The Labute approximate surface area is 54.7 Å². The van der Waals surface area contributed by atoms with Gasteiger partial charge in [-0.2, -0.15) is 0 Å². The van der Waals surface area contributed by atoms with Gasteiger partial charge in [0.25, 0.3) is 0 Å². The van der Waals surface area contributed by atoms with Crippen molar-refractivity contribution in [3.63, 3.8) is 0 Å². The zero-order valence-electron chi connectivity index (χ0n) is 4.91. The summed E-state index contributed by atoms with van der Waals surface area (Å²) in [6.45, 7) is 3.64. The van der Waals surface area contributed by atoms with Crippen molar-refractivity contribution in [3.05, 3.63) is 12.8 Å². The smallest absolute Gasteiger partial charge is 0.413 e. The van der Waals surface area contributed by atoms with Crippen LogP contribution in [0.3, 0.4) is 0 Å². The van der Waals surface area contributed by atoms with Crippen molar-refractivity contribution in [3.8, 4) is 0 Å². The highest BCUT2D eigenvalue weighted by molar-refractivity contribution is 6.13. The molecule has 0 aromatic rings. The molecule has 1 heterocycles. The van der Waals surface area contributed by atoms with Gasteiger partial charge in [-0.3, -0.25) is 4.90 Å². The lowest BCUT2D eigenvalue weighted by atomic mass is 9.97. The second-order valence-corrected chi connectivity index (χ2v) is 1.73. The molecule has 0 aromatic carbocycles. The average molecular weight is 123 g/mol. The van der Waals surface area contributed by atoms with E-state index >= 15 is 0 Å². The Morgan fingerprint density at radius 2 is 2.67 bits per heavy atom. The maximum absolute atomic E-state index is 10.6. The Balaban J connectivity index is 2.65. The third-order valence-electron chi connectivity index (χ3n) is 1.14. The molecule has 46 valence electrons. The molecule has 0 saturated carbocycles. The van der Waals surface area contributed by atoms with Crippen LogP contribution in [0.5, 0.6) is 0 Å². The van der Waals surface area contributed by atoms with E-state index in [1.807, 2.05) is 0 Å². The lowest BCUT2D eigenvalue weighted by Crippen LogP contribution is -2.27. The lowest BCUT2D eigenvalue weighted by Gasteiger charge is -2.10. The molecule has 0 bridgehead atoms. The Hall–Kier alpha value is -0.925. The van der Waals surface area contributed by atoms with Crippen molar-refractivity contribution in [2.24, 2.45) is 0 Å². The van der Waals surface area contributed by atoms with Gasteiger partial charge in [0.1, 0.15) is 14.5 Å². The number of carbonyl (C=O) groups is 1. The van der Waals surface area contributed by atoms with Crippen molar-refractivity contribution >= 4 is 13.9 Å². The van der Waals surface area contributed by atoms with Crippen LogP contribution in [0.1, 0.15) is 0 Å². The second-order valence-electron chi connectivity index (χ2n) is 1.73. The van der Waals surface area contributed by atoms with Gasteiger partial charge in [0, 0.05) is 12.1 Å². The van der Waals surface area contributed by atoms with Gasteiger partial charge >= 0.3 is 6.09 Å². The van der Waals surface area contributed by atoms with Crippen molar-refractivity contribution in [2.45, 2.75) is 5.94 Å². The Morgan fingerprint density at radius 3 is 2.89 bits per heavy atom. The SMILES string of the molecule is [B]C1COC(=O)N1C=C. The highest BCUT2D eigenvalue weighted by atomic mass is 16.6. The quantitative estimate of drug-likeness (QED) is 0.462. The van der Waals surface area contributed by atoms with E-state index in [2.05, 4.69) is 11.3 Å². The van der Waals surface area contributed by atoms with Gasteiger partial charge in [-0.1, -0.05) is 6.58 Å². The largest absolute Gasteiger partial charge is 0.448 e. The number of cyclic esters (lactones) is 1. The number of amides is 1. The van der Waals surface area contributed by atoms with E-state index in [-0.39, 0.29) is 12.5 Å². The minimum absolute atomic E-state index is 0.255. The van der Waals surface area contributed by atoms with Crippen LogP contribution in [0.2, 0.25) is 0 Å². The van der Waals surface area contributed by atoms with Crippen LogP contribution in [0.15, 0.2) is 12.8 Å². The summed E-state index contributed by atoms with van der Waals surface area (Å²) in [5, 5.41) is 0. The van der Waals surface area contributed by atoms with E-state index < -0.39 is 6.09 Å². The third-order valence-corrected chi connectivity index (χ3v) is 1.14. The number of rotatable bonds is 1. The second kappa shape index (κ2) is 2.13. The zero-order chi connectivity index (χ0) is 6.85. The van der Waals surface area contributed by atoms with Gasteiger partial charge in [-0.05, 0) is 0 Å². The van der Waals surface area contributed by atoms with Crippen LogP contribution in [0.4, 0.5) is 4.79 Å². The molecule has 1 aliphatic heterocycles. The molecule has 0 spiro atoms. The molecule has 1 fully saturated rings. The monoisotopic (exact) mass is 123 g/mol. The number of carbonyl (C=O) groups excluding carboxylic acids is 1. The molecule has 1 saturated heterocycles. The Morgan fingerprint density at radius 1 is 2.00 bits per heavy atom. The first kappa shape index (κ1) is 6.20. The van der Waals surface area contributed by atoms with E-state index in [0.29, 0.717) is 0 Å². The normalized spacial score (nSPS) is 26.0. The highest BCUT2D eigenvalue weighted by Gasteiger charge is 2.25. The van der Waals surface area contributed by atoms with Crippen molar-refractivity contribution in [2.75, 3.05) is 6.61 Å².